The van der Waals surface area contributed by atoms with Gasteiger partial charge < -0.3 is 14.3 Å². The van der Waals surface area contributed by atoms with Crippen molar-refractivity contribution >= 4 is 54.5 Å². The van der Waals surface area contributed by atoms with E-state index in [0.29, 0.717) is 8.12 Å². The molecule has 0 spiro atoms. The predicted octanol–water partition coefficient (Wildman–Crippen LogP) is 4.16. The molecule has 126 valence electrons. The van der Waals surface area contributed by atoms with E-state index in [1.165, 1.54) is 0 Å². The summed E-state index contributed by atoms with van der Waals surface area (Å²) < 4.78 is 9.50. The first-order valence-electron chi connectivity index (χ1n) is 8.22. The van der Waals surface area contributed by atoms with E-state index in [1.807, 2.05) is 48.6 Å². The largest absolute Gasteiger partial charge is 0.355 e. The summed E-state index contributed by atoms with van der Waals surface area (Å²) in [4.78, 5) is 16.0. The maximum absolute atomic E-state index is 9.50. The fourth-order valence-electron chi connectivity index (χ4n) is 2.94. The van der Waals surface area contributed by atoms with Gasteiger partial charge in [0, 0.05) is 22.1 Å². The first-order valence-corrected chi connectivity index (χ1v) is 8.22. The molecule has 3 aromatic rings. The van der Waals surface area contributed by atoms with Gasteiger partial charge in [-0.1, -0.05) is 0 Å². The standard InChI is InChI=1S/C20H14N4.BFH2/c1-2-14-10-16-5-6-18(23-16)12-20-8-7-19(24-20)11-17-4-3-15(22-17)9-13(1)21-14;1-2/h1-12,21,24H;1H2. The molecular weight excluding hydrogens is 326 g/mol. The van der Waals surface area contributed by atoms with Crippen LogP contribution in [0.1, 0.15) is 22.8 Å². The van der Waals surface area contributed by atoms with Crippen LogP contribution >= 0.6 is 0 Å². The summed E-state index contributed by atoms with van der Waals surface area (Å²) in [6, 6.07) is 16.4. The Balaban J connectivity index is 0.000000814. The van der Waals surface area contributed by atoms with E-state index < -0.39 is 0 Å². The first-order chi connectivity index (χ1) is 12.8. The van der Waals surface area contributed by atoms with Crippen molar-refractivity contribution in [2.24, 2.45) is 0 Å². The van der Waals surface area contributed by atoms with Gasteiger partial charge in [0.15, 0.2) is 0 Å². The Morgan fingerprint density at radius 2 is 0.808 bits per heavy atom. The predicted molar refractivity (Wildman–Crippen MR) is 109 cm³/mol. The second-order valence-corrected chi connectivity index (χ2v) is 5.91. The van der Waals surface area contributed by atoms with Crippen molar-refractivity contribution < 1.29 is 4.32 Å². The lowest BCUT2D eigenvalue weighted by molar-refractivity contribution is 0.902. The molecule has 3 aromatic heterocycles. The Hall–Kier alpha value is -3.41. The van der Waals surface area contributed by atoms with Gasteiger partial charge in [-0.2, -0.15) is 0 Å². The quantitative estimate of drug-likeness (QED) is 0.415. The van der Waals surface area contributed by atoms with E-state index >= 15 is 0 Å². The molecule has 6 heteroatoms. The van der Waals surface area contributed by atoms with Crippen LogP contribution in [0.5, 0.6) is 0 Å². The summed E-state index contributed by atoms with van der Waals surface area (Å²) in [6.07, 6.45) is 8.09. The zero-order valence-electron chi connectivity index (χ0n) is 14.2. The van der Waals surface area contributed by atoms with Crippen LogP contribution < -0.4 is 0 Å². The van der Waals surface area contributed by atoms with Crippen molar-refractivity contribution in [2.75, 3.05) is 0 Å². The van der Waals surface area contributed by atoms with Crippen LogP contribution in [0.15, 0.2) is 48.5 Å². The molecule has 2 N–H and O–H groups in total. The summed E-state index contributed by atoms with van der Waals surface area (Å²) in [6.45, 7) is 0. The smallest absolute Gasteiger partial charge is 0.314 e. The molecule has 2 aliphatic heterocycles. The fraction of sp³-hybridized carbons (Fsp3) is 0. The number of rotatable bonds is 0. The third-order valence-corrected chi connectivity index (χ3v) is 4.04. The Bertz CT molecular complexity index is 996. The zero-order valence-corrected chi connectivity index (χ0v) is 14.2. The van der Waals surface area contributed by atoms with Gasteiger partial charge in [-0.25, -0.2) is 9.97 Å². The minimum Gasteiger partial charge on any atom is -0.355 e. The van der Waals surface area contributed by atoms with Crippen molar-refractivity contribution in [3.05, 3.63) is 71.3 Å². The van der Waals surface area contributed by atoms with Crippen molar-refractivity contribution in [1.82, 2.24) is 19.9 Å². The molecule has 0 saturated heterocycles. The van der Waals surface area contributed by atoms with Crippen LogP contribution in [-0.4, -0.2) is 28.1 Å². The molecule has 0 aliphatic carbocycles. The first kappa shape index (κ1) is 16.1. The molecular formula is C20H16BFN4. The van der Waals surface area contributed by atoms with E-state index in [-0.39, 0.29) is 0 Å². The van der Waals surface area contributed by atoms with Crippen LogP contribution in [0.4, 0.5) is 4.32 Å². The van der Waals surface area contributed by atoms with E-state index in [9.17, 15) is 4.32 Å². The number of aromatic amines is 2. The van der Waals surface area contributed by atoms with Crippen LogP contribution in [0.2, 0.25) is 0 Å². The average molecular weight is 342 g/mol. The van der Waals surface area contributed by atoms with Gasteiger partial charge in [0.1, 0.15) is 0 Å². The number of H-pyrrole nitrogens is 2. The molecule has 0 unspecified atom stereocenters. The fourth-order valence-corrected chi connectivity index (χ4v) is 2.94. The van der Waals surface area contributed by atoms with Gasteiger partial charge in [-0.05, 0) is 72.8 Å². The molecule has 0 atom stereocenters. The second-order valence-electron chi connectivity index (χ2n) is 5.91. The van der Waals surface area contributed by atoms with Crippen LogP contribution in [0.3, 0.4) is 0 Å². The maximum atomic E-state index is 9.50. The van der Waals surface area contributed by atoms with E-state index in [0.717, 1.165) is 44.8 Å². The lowest BCUT2D eigenvalue weighted by Crippen LogP contribution is -1.75. The molecule has 0 fully saturated rings. The SMILES string of the molecule is BF.C1=Cc2cc3ccc(cc4nc(cc5ccc(cc1n2)[nH]5)C=C4)[nH]3. The normalized spacial score (nSPS) is 11.9. The lowest BCUT2D eigenvalue weighted by atomic mass is 10.3. The molecule has 0 radical (unpaired) electrons. The number of fused-ring (bicyclic) bond motifs is 8. The van der Waals surface area contributed by atoms with Gasteiger partial charge in [-0.3, -0.25) is 0 Å². The lowest BCUT2D eigenvalue weighted by Gasteiger charge is -1.85. The highest BCUT2D eigenvalue weighted by atomic mass is 19.1. The average Bonchev–Trinajstić information content (AvgIpc) is 3.42. The number of nitrogens with zero attached hydrogens (tertiary/aromatic N) is 2. The molecule has 0 saturated carbocycles. The summed E-state index contributed by atoms with van der Waals surface area (Å²) in [7, 11) is 0.500. The molecule has 0 amide bonds. The number of hydrogen-bond acceptors (Lipinski definition) is 2. The highest BCUT2D eigenvalue weighted by Gasteiger charge is 2.00. The summed E-state index contributed by atoms with van der Waals surface area (Å²) in [5.74, 6) is 0. The Kier molecular flexibility index (Phi) is 4.23. The van der Waals surface area contributed by atoms with Gasteiger partial charge in [0.05, 0.1) is 22.8 Å². The molecule has 8 bridgehead atoms. The molecule has 26 heavy (non-hydrogen) atoms. The summed E-state index contributed by atoms with van der Waals surface area (Å²) in [5, 5.41) is 0. The van der Waals surface area contributed by atoms with Crippen molar-refractivity contribution in [3.8, 4) is 0 Å². The monoisotopic (exact) mass is 342 g/mol. The van der Waals surface area contributed by atoms with Crippen molar-refractivity contribution in [2.45, 2.75) is 0 Å². The highest BCUT2D eigenvalue weighted by Crippen LogP contribution is 2.16. The number of nitrogens with one attached hydrogen (secondary N) is 2. The Morgan fingerprint density at radius 3 is 1.08 bits per heavy atom. The van der Waals surface area contributed by atoms with Crippen molar-refractivity contribution in [1.29, 1.82) is 0 Å². The van der Waals surface area contributed by atoms with Crippen molar-refractivity contribution in [3.63, 3.8) is 0 Å². The third kappa shape index (κ3) is 3.35. The van der Waals surface area contributed by atoms with Gasteiger partial charge in [-0.15, -0.1) is 0 Å². The number of aromatic nitrogens is 4. The van der Waals surface area contributed by atoms with Crippen LogP contribution in [-0.2, 0) is 0 Å². The molecule has 2 aliphatic rings. The molecule has 0 aromatic carbocycles. The second kappa shape index (κ2) is 6.84. The molecule has 4 nitrogen and oxygen atoms in total. The topological polar surface area (TPSA) is 57.4 Å². The third-order valence-electron chi connectivity index (χ3n) is 4.04. The molecule has 5 rings (SSSR count). The zero-order chi connectivity index (χ0) is 17.9. The number of hydrogen-bond donors (Lipinski definition) is 2. The van der Waals surface area contributed by atoms with Gasteiger partial charge >= 0.3 is 8.12 Å². The van der Waals surface area contributed by atoms with E-state index in [1.54, 1.807) is 0 Å². The van der Waals surface area contributed by atoms with Crippen LogP contribution in [0.25, 0.3) is 46.4 Å². The van der Waals surface area contributed by atoms with Gasteiger partial charge in [0.25, 0.3) is 0 Å². The maximum Gasteiger partial charge on any atom is 0.314 e. The minimum atomic E-state index is 0.500. The van der Waals surface area contributed by atoms with E-state index in [4.69, 9.17) is 0 Å². The summed E-state index contributed by atoms with van der Waals surface area (Å²) >= 11 is 0. The molecule has 5 heterocycles. The summed E-state index contributed by atoms with van der Waals surface area (Å²) in [5.41, 5.74) is 7.86. The highest BCUT2D eigenvalue weighted by molar-refractivity contribution is 5.96. The minimum absolute atomic E-state index is 0.500. The van der Waals surface area contributed by atoms with Crippen LogP contribution in [0, 0.1) is 0 Å². The number of halogens is 1. The Labute approximate surface area is 150 Å². The van der Waals surface area contributed by atoms with Gasteiger partial charge in [0.2, 0.25) is 0 Å². The Morgan fingerprint density at radius 1 is 0.538 bits per heavy atom. The van der Waals surface area contributed by atoms with E-state index in [2.05, 4.69) is 44.2 Å².